The summed E-state index contributed by atoms with van der Waals surface area (Å²) in [5.74, 6) is -0.149. The first-order chi connectivity index (χ1) is 8.03. The van der Waals surface area contributed by atoms with Crippen molar-refractivity contribution in [1.82, 2.24) is 5.32 Å². The summed E-state index contributed by atoms with van der Waals surface area (Å²) in [4.78, 5) is 12.3. The highest BCUT2D eigenvalue weighted by atomic mass is 35.5. The monoisotopic (exact) mass is 272 g/mol. The Labute approximate surface area is 109 Å². The second-order valence-electron chi connectivity index (χ2n) is 4.21. The second kappa shape index (κ2) is 4.66. The molecule has 0 unspecified atom stereocenters. The van der Waals surface area contributed by atoms with E-state index in [9.17, 15) is 4.79 Å². The molecular formula is C11H13ClN2O2S. The molecule has 0 aromatic carbocycles. The van der Waals surface area contributed by atoms with Crippen LogP contribution in [0.2, 0.25) is 5.22 Å². The van der Waals surface area contributed by atoms with Crippen molar-refractivity contribution in [3.8, 4) is 0 Å². The van der Waals surface area contributed by atoms with E-state index in [2.05, 4.69) is 5.32 Å². The predicted octanol–water partition coefficient (Wildman–Crippen LogP) is 2.26. The summed E-state index contributed by atoms with van der Waals surface area (Å²) in [5, 5.41) is 3.05. The number of carbonyl (C=O) groups excluding carboxylic acids is 1. The lowest BCUT2D eigenvalue weighted by molar-refractivity contribution is 0.0896. The van der Waals surface area contributed by atoms with Crippen molar-refractivity contribution in [3.63, 3.8) is 0 Å². The Morgan fingerprint density at radius 1 is 1.47 bits per heavy atom. The molecule has 0 aliphatic heterocycles. The van der Waals surface area contributed by atoms with Gasteiger partial charge in [-0.05, 0) is 36.6 Å². The lowest BCUT2D eigenvalue weighted by Crippen LogP contribution is -2.54. The maximum Gasteiger partial charge on any atom is 0.287 e. The van der Waals surface area contributed by atoms with Crippen LogP contribution in [0.25, 0.3) is 0 Å². The molecular weight excluding hydrogens is 260 g/mol. The van der Waals surface area contributed by atoms with Crippen molar-refractivity contribution < 1.29 is 9.21 Å². The number of nitrogens with two attached hydrogens (primary N) is 1. The van der Waals surface area contributed by atoms with Gasteiger partial charge in [0.2, 0.25) is 0 Å². The zero-order valence-electron chi connectivity index (χ0n) is 9.16. The minimum atomic E-state index is -0.564. The van der Waals surface area contributed by atoms with Crippen LogP contribution in [0, 0.1) is 0 Å². The molecule has 6 heteroatoms. The molecule has 0 radical (unpaired) electrons. The third kappa shape index (κ3) is 2.45. The summed E-state index contributed by atoms with van der Waals surface area (Å²) < 4.78 is 5.05. The number of rotatable bonds is 3. The maximum absolute atomic E-state index is 11.9. The molecule has 2 rings (SSSR count). The molecule has 0 spiro atoms. The summed E-state index contributed by atoms with van der Waals surface area (Å²) in [6.07, 6.45) is 3.58. The lowest BCUT2D eigenvalue weighted by atomic mass is 9.97. The van der Waals surface area contributed by atoms with Gasteiger partial charge >= 0.3 is 0 Å². The van der Waals surface area contributed by atoms with Gasteiger partial charge in [-0.15, -0.1) is 0 Å². The highest BCUT2D eigenvalue weighted by Crippen LogP contribution is 2.30. The molecule has 0 bridgehead atoms. The van der Waals surface area contributed by atoms with E-state index >= 15 is 0 Å². The molecule has 1 fully saturated rings. The minimum absolute atomic E-state index is 0.178. The molecule has 1 heterocycles. The zero-order chi connectivity index (χ0) is 12.5. The van der Waals surface area contributed by atoms with Crippen molar-refractivity contribution in [2.75, 3.05) is 0 Å². The molecule has 4 nitrogen and oxygen atoms in total. The van der Waals surface area contributed by atoms with Gasteiger partial charge in [-0.2, -0.15) is 0 Å². The highest BCUT2D eigenvalue weighted by molar-refractivity contribution is 7.80. The standard InChI is InChI=1S/C11H13ClN2O2S/c12-8-4-3-7(16-8)9(15)14-11(10(13)17)5-1-2-6-11/h3-4H,1-2,5-6H2,(H2,13,17)(H,14,15). The topological polar surface area (TPSA) is 68.3 Å². The Kier molecular flexibility index (Phi) is 3.40. The average Bonchev–Trinajstić information content (AvgIpc) is 2.87. The average molecular weight is 273 g/mol. The van der Waals surface area contributed by atoms with Crippen LogP contribution in [0.3, 0.4) is 0 Å². The minimum Gasteiger partial charge on any atom is -0.440 e. The number of amides is 1. The van der Waals surface area contributed by atoms with E-state index in [0.29, 0.717) is 4.99 Å². The number of furan rings is 1. The van der Waals surface area contributed by atoms with Crippen molar-refractivity contribution in [2.24, 2.45) is 5.73 Å². The van der Waals surface area contributed by atoms with Crippen molar-refractivity contribution in [3.05, 3.63) is 23.1 Å². The fourth-order valence-corrected chi connectivity index (χ4v) is 2.53. The van der Waals surface area contributed by atoms with E-state index in [1.54, 1.807) is 0 Å². The van der Waals surface area contributed by atoms with E-state index in [1.807, 2.05) is 0 Å². The first-order valence-electron chi connectivity index (χ1n) is 5.41. The van der Waals surface area contributed by atoms with Crippen LogP contribution < -0.4 is 11.1 Å². The van der Waals surface area contributed by atoms with Gasteiger partial charge in [-0.25, -0.2) is 0 Å². The van der Waals surface area contributed by atoms with Gasteiger partial charge in [-0.3, -0.25) is 4.79 Å². The Morgan fingerprint density at radius 3 is 2.59 bits per heavy atom. The van der Waals surface area contributed by atoms with Gasteiger partial charge in [0, 0.05) is 0 Å². The Hall–Kier alpha value is -1.07. The fraction of sp³-hybridized carbons (Fsp3) is 0.455. The lowest BCUT2D eigenvalue weighted by Gasteiger charge is -2.28. The number of thiocarbonyl (C=S) groups is 1. The molecule has 0 atom stereocenters. The van der Waals surface area contributed by atoms with Crippen LogP contribution >= 0.6 is 23.8 Å². The first kappa shape index (κ1) is 12.4. The molecule has 17 heavy (non-hydrogen) atoms. The maximum atomic E-state index is 11.9. The van der Waals surface area contributed by atoms with E-state index in [1.165, 1.54) is 12.1 Å². The molecule has 1 aromatic heterocycles. The fourth-order valence-electron chi connectivity index (χ4n) is 2.13. The van der Waals surface area contributed by atoms with Gasteiger partial charge in [-0.1, -0.05) is 25.1 Å². The van der Waals surface area contributed by atoms with Crippen LogP contribution in [0.1, 0.15) is 36.2 Å². The molecule has 1 saturated carbocycles. The summed E-state index contributed by atoms with van der Waals surface area (Å²) in [6.45, 7) is 0. The van der Waals surface area contributed by atoms with E-state index in [-0.39, 0.29) is 16.9 Å². The third-order valence-corrected chi connectivity index (χ3v) is 3.67. The second-order valence-corrected chi connectivity index (χ2v) is 5.02. The van der Waals surface area contributed by atoms with Crippen molar-refractivity contribution >= 4 is 34.7 Å². The van der Waals surface area contributed by atoms with Crippen LogP contribution in [-0.2, 0) is 0 Å². The molecule has 3 N–H and O–H groups in total. The number of nitrogens with one attached hydrogen (secondary N) is 1. The van der Waals surface area contributed by atoms with Crippen LogP contribution in [-0.4, -0.2) is 16.4 Å². The quantitative estimate of drug-likeness (QED) is 0.828. The largest absolute Gasteiger partial charge is 0.440 e. The third-order valence-electron chi connectivity index (χ3n) is 3.08. The van der Waals surface area contributed by atoms with E-state index in [4.69, 9.17) is 34.0 Å². The van der Waals surface area contributed by atoms with Crippen LogP contribution in [0.15, 0.2) is 16.5 Å². The number of carbonyl (C=O) groups is 1. The first-order valence-corrected chi connectivity index (χ1v) is 6.20. The number of halogens is 1. The van der Waals surface area contributed by atoms with Crippen molar-refractivity contribution in [2.45, 2.75) is 31.2 Å². The van der Waals surface area contributed by atoms with Gasteiger partial charge in [0.1, 0.15) is 0 Å². The highest BCUT2D eigenvalue weighted by Gasteiger charge is 2.38. The predicted molar refractivity (Wildman–Crippen MR) is 69.2 cm³/mol. The van der Waals surface area contributed by atoms with Gasteiger partial charge in [0.25, 0.3) is 5.91 Å². The molecule has 1 aliphatic rings. The van der Waals surface area contributed by atoms with Gasteiger partial charge in [0.15, 0.2) is 11.0 Å². The SMILES string of the molecule is NC(=S)C1(NC(=O)c2ccc(Cl)o2)CCCC1. The summed E-state index contributed by atoms with van der Waals surface area (Å²) >= 11 is 10.7. The van der Waals surface area contributed by atoms with Crippen LogP contribution in [0.4, 0.5) is 0 Å². The molecule has 1 amide bonds. The van der Waals surface area contributed by atoms with Gasteiger partial charge in [0.05, 0.1) is 10.5 Å². The zero-order valence-corrected chi connectivity index (χ0v) is 10.7. The van der Waals surface area contributed by atoms with E-state index < -0.39 is 5.54 Å². The number of hydrogen-bond acceptors (Lipinski definition) is 3. The molecule has 1 aliphatic carbocycles. The summed E-state index contributed by atoms with van der Waals surface area (Å²) in [6, 6.07) is 3.05. The van der Waals surface area contributed by atoms with Gasteiger partial charge < -0.3 is 15.5 Å². The normalized spacial score (nSPS) is 17.9. The Morgan fingerprint density at radius 2 is 2.12 bits per heavy atom. The van der Waals surface area contributed by atoms with Crippen LogP contribution in [0.5, 0.6) is 0 Å². The summed E-state index contributed by atoms with van der Waals surface area (Å²) in [7, 11) is 0. The number of hydrogen-bond donors (Lipinski definition) is 2. The Balaban J connectivity index is 2.14. The molecule has 0 saturated heterocycles. The smallest absolute Gasteiger partial charge is 0.287 e. The molecule has 92 valence electrons. The van der Waals surface area contributed by atoms with Crippen molar-refractivity contribution in [1.29, 1.82) is 0 Å². The molecule has 1 aromatic rings. The Bertz CT molecular complexity index is 452. The summed E-state index contributed by atoms with van der Waals surface area (Å²) in [5.41, 5.74) is 5.16. The van der Waals surface area contributed by atoms with E-state index in [0.717, 1.165) is 25.7 Å².